The van der Waals surface area contributed by atoms with Gasteiger partial charge in [0, 0.05) is 30.0 Å². The molecule has 0 aliphatic rings. The Labute approximate surface area is 102 Å². The largest absolute Gasteiger partial charge is 0.489 e. The molecule has 0 spiro atoms. The van der Waals surface area contributed by atoms with Crippen LogP contribution >= 0.6 is 15.9 Å². The predicted octanol–water partition coefficient (Wildman–Crippen LogP) is 2.42. The summed E-state index contributed by atoms with van der Waals surface area (Å²) in [6.07, 6.45) is 3.44. The summed E-state index contributed by atoms with van der Waals surface area (Å²) in [6.45, 7) is 1.06. The molecule has 0 radical (unpaired) electrons. The molecular weight excluding hydrogens is 272 g/mol. The van der Waals surface area contributed by atoms with Gasteiger partial charge in [0.2, 0.25) is 0 Å². The predicted molar refractivity (Wildman–Crippen MR) is 64.6 cm³/mol. The van der Waals surface area contributed by atoms with Crippen molar-refractivity contribution in [3.63, 3.8) is 0 Å². The molecule has 2 rings (SSSR count). The van der Waals surface area contributed by atoms with Crippen LogP contribution in [0.5, 0.6) is 5.75 Å². The molecule has 2 heterocycles. The van der Waals surface area contributed by atoms with E-state index in [2.05, 4.69) is 25.9 Å². The molecule has 0 unspecified atom stereocenters. The van der Waals surface area contributed by atoms with Crippen LogP contribution in [0.4, 0.5) is 0 Å². The maximum absolute atomic E-state index is 5.56. The smallest absolute Gasteiger partial charge is 0.148 e. The lowest BCUT2D eigenvalue weighted by Gasteiger charge is -2.07. The van der Waals surface area contributed by atoms with Gasteiger partial charge in [-0.25, -0.2) is 4.98 Å². The number of halogens is 1. The second-order valence-corrected chi connectivity index (χ2v) is 4.09. The van der Waals surface area contributed by atoms with E-state index in [-0.39, 0.29) is 0 Å². The third kappa shape index (κ3) is 2.48. The Morgan fingerprint density at radius 3 is 3.00 bits per heavy atom. The number of pyridine rings is 2. The molecule has 5 heteroatoms. The Bertz CT molecular complexity index is 490. The van der Waals surface area contributed by atoms with Crippen molar-refractivity contribution in [1.82, 2.24) is 9.97 Å². The number of hydrogen-bond acceptors (Lipinski definition) is 4. The molecule has 0 saturated heterocycles. The SMILES string of the molecule is COCCOc1ccnc2cc(Br)cnc12. The van der Waals surface area contributed by atoms with Crippen LogP contribution in [0, 0.1) is 0 Å². The van der Waals surface area contributed by atoms with Crippen LogP contribution in [0.3, 0.4) is 0 Å². The third-order valence-electron chi connectivity index (χ3n) is 2.05. The molecule has 84 valence electrons. The zero-order valence-corrected chi connectivity index (χ0v) is 10.4. The molecule has 0 aliphatic heterocycles. The maximum Gasteiger partial charge on any atom is 0.148 e. The van der Waals surface area contributed by atoms with E-state index < -0.39 is 0 Å². The highest BCUT2D eigenvalue weighted by Gasteiger charge is 2.04. The van der Waals surface area contributed by atoms with E-state index in [9.17, 15) is 0 Å². The van der Waals surface area contributed by atoms with Crippen molar-refractivity contribution < 1.29 is 9.47 Å². The first-order valence-corrected chi connectivity index (χ1v) is 5.62. The minimum Gasteiger partial charge on any atom is -0.489 e. The normalized spacial score (nSPS) is 10.6. The van der Waals surface area contributed by atoms with E-state index in [0.717, 1.165) is 21.3 Å². The molecular formula is C11H11BrN2O2. The summed E-state index contributed by atoms with van der Waals surface area (Å²) in [5, 5.41) is 0. The van der Waals surface area contributed by atoms with Crippen LogP contribution in [0.15, 0.2) is 29.0 Å². The summed E-state index contributed by atoms with van der Waals surface area (Å²) < 4.78 is 11.4. The van der Waals surface area contributed by atoms with Gasteiger partial charge in [-0.05, 0) is 22.0 Å². The quantitative estimate of drug-likeness (QED) is 0.808. The summed E-state index contributed by atoms with van der Waals surface area (Å²) >= 11 is 3.36. The Kier molecular flexibility index (Phi) is 3.69. The molecule has 0 bridgehead atoms. The average molecular weight is 283 g/mol. The second-order valence-electron chi connectivity index (χ2n) is 3.17. The summed E-state index contributed by atoms with van der Waals surface area (Å²) in [7, 11) is 1.64. The number of nitrogens with zero attached hydrogens (tertiary/aromatic N) is 2. The Hall–Kier alpha value is -1.20. The number of methoxy groups -OCH3 is 1. The van der Waals surface area contributed by atoms with Gasteiger partial charge < -0.3 is 9.47 Å². The first-order valence-electron chi connectivity index (χ1n) is 4.83. The molecule has 0 aliphatic carbocycles. The van der Waals surface area contributed by atoms with Crippen LogP contribution in [-0.4, -0.2) is 30.3 Å². The lowest BCUT2D eigenvalue weighted by atomic mass is 10.3. The van der Waals surface area contributed by atoms with Crippen molar-refractivity contribution in [3.05, 3.63) is 29.0 Å². The zero-order chi connectivity index (χ0) is 11.4. The van der Waals surface area contributed by atoms with Crippen LogP contribution in [0.1, 0.15) is 0 Å². The standard InChI is InChI=1S/C11H11BrN2O2/c1-15-4-5-16-10-2-3-13-9-6-8(12)7-14-11(9)10/h2-3,6-7H,4-5H2,1H3. The number of rotatable bonds is 4. The summed E-state index contributed by atoms with van der Waals surface area (Å²) in [5.74, 6) is 0.731. The monoisotopic (exact) mass is 282 g/mol. The zero-order valence-electron chi connectivity index (χ0n) is 8.81. The van der Waals surface area contributed by atoms with E-state index in [4.69, 9.17) is 9.47 Å². The van der Waals surface area contributed by atoms with Gasteiger partial charge in [0.25, 0.3) is 0 Å². The fraction of sp³-hybridized carbons (Fsp3) is 0.273. The molecule has 0 N–H and O–H groups in total. The average Bonchev–Trinajstić information content (AvgIpc) is 2.29. The van der Waals surface area contributed by atoms with Crippen molar-refractivity contribution >= 4 is 27.0 Å². The van der Waals surface area contributed by atoms with Crippen LogP contribution < -0.4 is 4.74 Å². The number of aromatic nitrogens is 2. The van der Waals surface area contributed by atoms with E-state index in [0.29, 0.717) is 13.2 Å². The van der Waals surface area contributed by atoms with E-state index in [1.165, 1.54) is 0 Å². The van der Waals surface area contributed by atoms with Gasteiger partial charge in [-0.15, -0.1) is 0 Å². The highest BCUT2D eigenvalue weighted by Crippen LogP contribution is 2.23. The highest BCUT2D eigenvalue weighted by molar-refractivity contribution is 9.10. The first-order chi connectivity index (χ1) is 7.81. The van der Waals surface area contributed by atoms with Crippen molar-refractivity contribution in [3.8, 4) is 5.75 Å². The summed E-state index contributed by atoms with van der Waals surface area (Å²) in [5.41, 5.74) is 1.58. The Morgan fingerprint density at radius 1 is 1.31 bits per heavy atom. The van der Waals surface area contributed by atoms with Gasteiger partial charge in [0.15, 0.2) is 0 Å². The van der Waals surface area contributed by atoms with Gasteiger partial charge in [-0.3, -0.25) is 4.98 Å². The number of fused-ring (bicyclic) bond motifs is 1. The summed E-state index contributed by atoms with van der Waals surface area (Å²) in [6, 6.07) is 3.71. The molecule has 0 aromatic carbocycles. The number of ether oxygens (including phenoxy) is 2. The lowest BCUT2D eigenvalue weighted by Crippen LogP contribution is -2.05. The minimum absolute atomic E-state index is 0.507. The molecule has 0 fully saturated rings. The minimum atomic E-state index is 0.507. The van der Waals surface area contributed by atoms with E-state index in [1.807, 2.05) is 6.07 Å². The first kappa shape index (κ1) is 11.3. The maximum atomic E-state index is 5.56. The van der Waals surface area contributed by atoms with Crippen LogP contribution in [0.2, 0.25) is 0 Å². The van der Waals surface area contributed by atoms with Crippen molar-refractivity contribution in [2.24, 2.45) is 0 Å². The van der Waals surface area contributed by atoms with Gasteiger partial charge in [-0.2, -0.15) is 0 Å². The molecule has 4 nitrogen and oxygen atoms in total. The number of hydrogen-bond donors (Lipinski definition) is 0. The van der Waals surface area contributed by atoms with Crippen LogP contribution in [0.25, 0.3) is 11.0 Å². The third-order valence-corrected chi connectivity index (χ3v) is 2.49. The van der Waals surface area contributed by atoms with Gasteiger partial charge in [0.1, 0.15) is 17.9 Å². The van der Waals surface area contributed by atoms with Gasteiger partial charge >= 0.3 is 0 Å². The molecule has 2 aromatic rings. The summed E-state index contributed by atoms with van der Waals surface area (Å²) in [4.78, 5) is 8.51. The van der Waals surface area contributed by atoms with Crippen LogP contribution in [-0.2, 0) is 4.74 Å². The molecule has 0 amide bonds. The second kappa shape index (κ2) is 5.23. The fourth-order valence-electron chi connectivity index (χ4n) is 1.33. The Balaban J connectivity index is 2.30. The van der Waals surface area contributed by atoms with Crippen molar-refractivity contribution in [2.75, 3.05) is 20.3 Å². The van der Waals surface area contributed by atoms with Gasteiger partial charge in [-0.1, -0.05) is 0 Å². The Morgan fingerprint density at radius 2 is 2.19 bits per heavy atom. The molecule has 2 aromatic heterocycles. The molecule has 0 saturated carbocycles. The topological polar surface area (TPSA) is 44.2 Å². The van der Waals surface area contributed by atoms with E-state index >= 15 is 0 Å². The van der Waals surface area contributed by atoms with Crippen molar-refractivity contribution in [1.29, 1.82) is 0 Å². The van der Waals surface area contributed by atoms with Crippen molar-refractivity contribution in [2.45, 2.75) is 0 Å². The fourth-order valence-corrected chi connectivity index (χ4v) is 1.65. The lowest BCUT2D eigenvalue weighted by molar-refractivity contribution is 0.147. The van der Waals surface area contributed by atoms with E-state index in [1.54, 1.807) is 25.6 Å². The molecule has 0 atom stereocenters. The highest BCUT2D eigenvalue weighted by atomic mass is 79.9. The molecule has 16 heavy (non-hydrogen) atoms. The van der Waals surface area contributed by atoms with Gasteiger partial charge in [0.05, 0.1) is 12.1 Å².